The number of hydrogen-bond donors (Lipinski definition) is 0. The molecule has 0 aromatic carbocycles. The lowest BCUT2D eigenvalue weighted by molar-refractivity contribution is -0.109. The summed E-state index contributed by atoms with van der Waals surface area (Å²) in [4.78, 5) is 0. The monoisotopic (exact) mass is 261 g/mol. The summed E-state index contributed by atoms with van der Waals surface area (Å²) in [5.74, 6) is 0. The summed E-state index contributed by atoms with van der Waals surface area (Å²) in [7, 11) is -3.11. The quantitative estimate of drug-likeness (QED) is 0.761. The molecular formula is C12H23NO3S. The molecule has 100 valence electrons. The zero-order valence-electron chi connectivity index (χ0n) is 11.0. The molecule has 1 saturated heterocycles. The molecule has 0 aromatic rings. The van der Waals surface area contributed by atoms with Crippen molar-refractivity contribution in [3.05, 3.63) is 0 Å². The summed E-state index contributed by atoms with van der Waals surface area (Å²) < 4.78 is 32.4. The molecule has 2 fully saturated rings. The molecule has 0 amide bonds. The van der Waals surface area contributed by atoms with Gasteiger partial charge >= 0.3 is 0 Å². The maximum atomic E-state index is 12.5. The standard InChI is InChI=1S/C12H23NO3S/c1-10-8-13(9-12(2,3)16-10)17(14,15)11-6-4-5-7-11/h10-11H,4-9H2,1-3H3/t10-/m1/s1. The second-order valence-corrected chi connectivity index (χ2v) is 8.15. The van der Waals surface area contributed by atoms with Gasteiger partial charge in [0.05, 0.1) is 17.0 Å². The summed E-state index contributed by atoms with van der Waals surface area (Å²) in [5, 5.41) is -0.149. The summed E-state index contributed by atoms with van der Waals surface area (Å²) in [5.41, 5.74) is -0.372. The first-order valence-electron chi connectivity index (χ1n) is 6.48. The molecule has 0 bridgehead atoms. The molecule has 2 aliphatic rings. The van der Waals surface area contributed by atoms with Gasteiger partial charge in [-0.1, -0.05) is 12.8 Å². The Balaban J connectivity index is 2.15. The maximum Gasteiger partial charge on any atom is 0.217 e. The van der Waals surface area contributed by atoms with Crippen LogP contribution >= 0.6 is 0 Å². The third-order valence-electron chi connectivity index (χ3n) is 3.62. The zero-order valence-corrected chi connectivity index (χ0v) is 11.8. The van der Waals surface area contributed by atoms with E-state index >= 15 is 0 Å². The Bertz CT molecular complexity index is 371. The van der Waals surface area contributed by atoms with Crippen LogP contribution in [0.1, 0.15) is 46.5 Å². The van der Waals surface area contributed by atoms with Crippen LogP contribution in [0.5, 0.6) is 0 Å². The highest BCUT2D eigenvalue weighted by Gasteiger charge is 2.41. The van der Waals surface area contributed by atoms with E-state index < -0.39 is 10.0 Å². The van der Waals surface area contributed by atoms with Crippen molar-refractivity contribution in [1.29, 1.82) is 0 Å². The molecule has 1 atom stereocenters. The van der Waals surface area contributed by atoms with Gasteiger partial charge in [-0.2, -0.15) is 4.31 Å². The number of rotatable bonds is 2. The fourth-order valence-electron chi connectivity index (χ4n) is 2.99. The van der Waals surface area contributed by atoms with Gasteiger partial charge in [0.2, 0.25) is 10.0 Å². The van der Waals surface area contributed by atoms with Gasteiger partial charge in [-0.15, -0.1) is 0 Å². The number of hydrogen-bond acceptors (Lipinski definition) is 3. The van der Waals surface area contributed by atoms with Crippen LogP contribution in [0.3, 0.4) is 0 Å². The summed E-state index contributed by atoms with van der Waals surface area (Å²) >= 11 is 0. The second-order valence-electron chi connectivity index (χ2n) is 5.93. The van der Waals surface area contributed by atoms with Crippen molar-refractivity contribution in [3.63, 3.8) is 0 Å². The van der Waals surface area contributed by atoms with Gasteiger partial charge in [-0.05, 0) is 33.6 Å². The van der Waals surface area contributed by atoms with Crippen LogP contribution in [-0.4, -0.2) is 42.8 Å². The summed E-state index contributed by atoms with van der Waals surface area (Å²) in [6.45, 7) is 6.84. The van der Waals surface area contributed by atoms with Gasteiger partial charge in [-0.3, -0.25) is 0 Å². The molecule has 1 aliphatic heterocycles. The molecule has 0 radical (unpaired) electrons. The first-order chi connectivity index (χ1) is 7.81. The number of sulfonamides is 1. The highest BCUT2D eigenvalue weighted by molar-refractivity contribution is 7.89. The highest BCUT2D eigenvalue weighted by Crippen LogP contribution is 2.30. The number of ether oxygens (including phenoxy) is 1. The highest BCUT2D eigenvalue weighted by atomic mass is 32.2. The van der Waals surface area contributed by atoms with Crippen LogP contribution in [0.4, 0.5) is 0 Å². The van der Waals surface area contributed by atoms with Crippen molar-refractivity contribution in [2.75, 3.05) is 13.1 Å². The van der Waals surface area contributed by atoms with Gasteiger partial charge in [0.1, 0.15) is 0 Å². The fraction of sp³-hybridized carbons (Fsp3) is 1.00. The van der Waals surface area contributed by atoms with E-state index in [1.807, 2.05) is 20.8 Å². The lowest BCUT2D eigenvalue weighted by Crippen LogP contribution is -2.55. The molecule has 1 heterocycles. The summed E-state index contributed by atoms with van der Waals surface area (Å²) in [6, 6.07) is 0. The van der Waals surface area contributed by atoms with E-state index in [0.717, 1.165) is 25.7 Å². The van der Waals surface area contributed by atoms with Crippen molar-refractivity contribution in [2.24, 2.45) is 0 Å². The SMILES string of the molecule is C[C@@H]1CN(S(=O)(=O)C2CCCC2)CC(C)(C)O1. The van der Waals surface area contributed by atoms with Crippen molar-refractivity contribution in [1.82, 2.24) is 4.31 Å². The van der Waals surface area contributed by atoms with Crippen LogP contribution in [0.2, 0.25) is 0 Å². The molecule has 0 N–H and O–H groups in total. The third-order valence-corrected chi connectivity index (χ3v) is 5.93. The van der Waals surface area contributed by atoms with Gasteiger partial charge in [0.15, 0.2) is 0 Å². The topological polar surface area (TPSA) is 46.6 Å². The Morgan fingerprint density at radius 1 is 1.24 bits per heavy atom. The van der Waals surface area contributed by atoms with E-state index in [2.05, 4.69) is 0 Å². The zero-order chi connectivity index (χ0) is 12.7. The molecule has 1 saturated carbocycles. The minimum atomic E-state index is -3.11. The molecular weight excluding hydrogens is 238 g/mol. The molecule has 1 aliphatic carbocycles. The van der Waals surface area contributed by atoms with E-state index in [-0.39, 0.29) is 17.0 Å². The van der Waals surface area contributed by atoms with Crippen LogP contribution in [0, 0.1) is 0 Å². The van der Waals surface area contributed by atoms with Gasteiger partial charge in [0, 0.05) is 13.1 Å². The number of nitrogens with zero attached hydrogens (tertiary/aromatic N) is 1. The Hall–Kier alpha value is -0.130. The maximum absolute atomic E-state index is 12.5. The van der Waals surface area contributed by atoms with Crippen LogP contribution in [0.25, 0.3) is 0 Å². The molecule has 4 nitrogen and oxygen atoms in total. The Morgan fingerprint density at radius 3 is 2.35 bits per heavy atom. The normalized spacial score (nSPS) is 31.8. The molecule has 0 aromatic heterocycles. The Labute approximate surface area is 104 Å². The summed E-state index contributed by atoms with van der Waals surface area (Å²) in [6.07, 6.45) is 3.73. The minimum absolute atomic E-state index is 0.0186. The van der Waals surface area contributed by atoms with Crippen LogP contribution in [-0.2, 0) is 14.8 Å². The van der Waals surface area contributed by atoms with Gasteiger partial charge in [-0.25, -0.2) is 8.42 Å². The number of morpholine rings is 1. The first-order valence-corrected chi connectivity index (χ1v) is 7.98. The molecule has 17 heavy (non-hydrogen) atoms. The fourth-order valence-corrected chi connectivity index (χ4v) is 5.25. The molecule has 5 heteroatoms. The Morgan fingerprint density at radius 2 is 1.82 bits per heavy atom. The van der Waals surface area contributed by atoms with E-state index in [1.54, 1.807) is 4.31 Å². The largest absolute Gasteiger partial charge is 0.370 e. The Kier molecular flexibility index (Phi) is 3.54. The van der Waals surface area contributed by atoms with E-state index in [1.165, 1.54) is 0 Å². The third kappa shape index (κ3) is 2.83. The average molecular weight is 261 g/mol. The lowest BCUT2D eigenvalue weighted by atomic mass is 10.1. The predicted molar refractivity (Wildman–Crippen MR) is 67.4 cm³/mol. The van der Waals surface area contributed by atoms with Gasteiger partial charge < -0.3 is 4.74 Å². The van der Waals surface area contributed by atoms with Crippen molar-refractivity contribution in [2.45, 2.75) is 63.4 Å². The first kappa shape index (κ1) is 13.3. The van der Waals surface area contributed by atoms with E-state index in [4.69, 9.17) is 4.74 Å². The van der Waals surface area contributed by atoms with E-state index in [0.29, 0.717) is 13.1 Å². The smallest absolute Gasteiger partial charge is 0.217 e. The predicted octanol–water partition coefficient (Wildman–Crippen LogP) is 1.76. The van der Waals surface area contributed by atoms with Crippen molar-refractivity contribution in [3.8, 4) is 0 Å². The van der Waals surface area contributed by atoms with Crippen LogP contribution < -0.4 is 0 Å². The van der Waals surface area contributed by atoms with Crippen LogP contribution in [0.15, 0.2) is 0 Å². The van der Waals surface area contributed by atoms with Crippen molar-refractivity contribution < 1.29 is 13.2 Å². The second kappa shape index (κ2) is 4.52. The minimum Gasteiger partial charge on any atom is -0.370 e. The van der Waals surface area contributed by atoms with Crippen molar-refractivity contribution >= 4 is 10.0 Å². The lowest BCUT2D eigenvalue weighted by Gasteiger charge is -2.41. The molecule has 0 unspecified atom stereocenters. The molecule has 2 rings (SSSR count). The average Bonchev–Trinajstić information content (AvgIpc) is 2.67. The van der Waals surface area contributed by atoms with Gasteiger partial charge in [0.25, 0.3) is 0 Å². The van der Waals surface area contributed by atoms with E-state index in [9.17, 15) is 8.42 Å². The molecule has 0 spiro atoms.